The quantitative estimate of drug-likeness (QED) is 0.666. The lowest BCUT2D eigenvalue weighted by Gasteiger charge is -2.54. The molecular formula is C21H32O. The molecule has 1 saturated carbocycles. The number of hydrogen-bond acceptors (Lipinski definition) is 1. The van der Waals surface area contributed by atoms with Gasteiger partial charge in [0.05, 0.1) is 7.11 Å². The topological polar surface area (TPSA) is 9.23 Å². The standard InChI is InChI=1S/C21H32O/c1-14(2)16-12-15-8-9-19-20(3,4)10-7-11-21(19,5)17(15)13-18(16)22-6/h12-14,19H,7-11H2,1-6H3/t19-,21-/m1/s1. The van der Waals surface area contributed by atoms with Crippen molar-refractivity contribution in [2.75, 3.05) is 7.11 Å². The number of rotatable bonds is 2. The molecule has 2 aliphatic rings. The molecule has 0 unspecified atom stereocenters. The van der Waals surface area contributed by atoms with Crippen molar-refractivity contribution in [1.29, 1.82) is 0 Å². The molecule has 1 heteroatoms. The Balaban J connectivity index is 2.14. The van der Waals surface area contributed by atoms with Gasteiger partial charge in [-0.05, 0) is 71.1 Å². The van der Waals surface area contributed by atoms with Gasteiger partial charge in [-0.1, -0.05) is 47.1 Å². The van der Waals surface area contributed by atoms with E-state index in [2.05, 4.69) is 46.8 Å². The largest absolute Gasteiger partial charge is 0.496 e. The maximum Gasteiger partial charge on any atom is 0.122 e. The maximum atomic E-state index is 5.75. The Kier molecular flexibility index (Phi) is 3.82. The number of benzene rings is 1. The highest BCUT2D eigenvalue weighted by Crippen LogP contribution is 2.57. The zero-order valence-electron chi connectivity index (χ0n) is 15.3. The number of fused-ring (bicyclic) bond motifs is 3. The molecule has 0 amide bonds. The molecule has 0 aliphatic heterocycles. The van der Waals surface area contributed by atoms with Crippen LogP contribution in [0.2, 0.25) is 0 Å². The second kappa shape index (κ2) is 5.28. The van der Waals surface area contributed by atoms with Gasteiger partial charge in [-0.25, -0.2) is 0 Å². The Morgan fingerprint density at radius 3 is 2.50 bits per heavy atom. The van der Waals surface area contributed by atoms with E-state index in [1.165, 1.54) is 37.7 Å². The predicted octanol–water partition coefficient (Wildman–Crippen LogP) is 5.85. The molecule has 2 atom stereocenters. The minimum absolute atomic E-state index is 0.331. The van der Waals surface area contributed by atoms with E-state index in [4.69, 9.17) is 4.74 Å². The zero-order valence-corrected chi connectivity index (χ0v) is 15.3. The summed E-state index contributed by atoms with van der Waals surface area (Å²) in [5, 5.41) is 0. The minimum Gasteiger partial charge on any atom is -0.496 e. The van der Waals surface area contributed by atoms with Crippen molar-refractivity contribution in [2.45, 2.75) is 78.1 Å². The molecule has 3 rings (SSSR count). The van der Waals surface area contributed by atoms with Crippen LogP contribution in [0.4, 0.5) is 0 Å². The smallest absolute Gasteiger partial charge is 0.122 e. The van der Waals surface area contributed by atoms with Gasteiger partial charge in [-0.3, -0.25) is 0 Å². The van der Waals surface area contributed by atoms with Gasteiger partial charge in [0, 0.05) is 0 Å². The molecule has 1 fully saturated rings. The van der Waals surface area contributed by atoms with Crippen molar-refractivity contribution in [3.05, 3.63) is 28.8 Å². The van der Waals surface area contributed by atoms with Gasteiger partial charge in [0.15, 0.2) is 0 Å². The molecule has 1 aromatic rings. The molecule has 1 nitrogen and oxygen atoms in total. The monoisotopic (exact) mass is 300 g/mol. The van der Waals surface area contributed by atoms with Crippen LogP contribution < -0.4 is 4.74 Å². The first-order chi connectivity index (χ1) is 10.3. The van der Waals surface area contributed by atoms with Crippen LogP contribution in [-0.2, 0) is 11.8 Å². The van der Waals surface area contributed by atoms with Crippen LogP contribution in [0.25, 0.3) is 0 Å². The van der Waals surface area contributed by atoms with Gasteiger partial charge in [-0.15, -0.1) is 0 Å². The molecule has 122 valence electrons. The van der Waals surface area contributed by atoms with Crippen LogP contribution in [0.15, 0.2) is 12.1 Å². The van der Waals surface area contributed by atoms with E-state index >= 15 is 0 Å². The first-order valence-corrected chi connectivity index (χ1v) is 9.01. The van der Waals surface area contributed by atoms with Crippen molar-refractivity contribution >= 4 is 0 Å². The van der Waals surface area contributed by atoms with Crippen LogP contribution in [0, 0.1) is 11.3 Å². The van der Waals surface area contributed by atoms with E-state index in [0.29, 0.717) is 16.7 Å². The number of ether oxygens (including phenoxy) is 1. The summed E-state index contributed by atoms with van der Waals surface area (Å²) in [4.78, 5) is 0. The second-order valence-corrected chi connectivity index (χ2v) is 8.76. The third-order valence-corrected chi connectivity index (χ3v) is 6.62. The van der Waals surface area contributed by atoms with Gasteiger partial charge in [0.25, 0.3) is 0 Å². The third-order valence-electron chi connectivity index (χ3n) is 6.62. The Morgan fingerprint density at radius 2 is 1.86 bits per heavy atom. The average molecular weight is 300 g/mol. The second-order valence-electron chi connectivity index (χ2n) is 8.76. The predicted molar refractivity (Wildman–Crippen MR) is 93.9 cm³/mol. The van der Waals surface area contributed by atoms with Gasteiger partial charge in [-0.2, -0.15) is 0 Å². The van der Waals surface area contributed by atoms with Gasteiger partial charge < -0.3 is 4.74 Å². The number of aryl methyl sites for hydroxylation is 1. The van der Waals surface area contributed by atoms with E-state index in [0.717, 1.165) is 11.7 Å². The summed E-state index contributed by atoms with van der Waals surface area (Å²) in [7, 11) is 1.82. The molecule has 0 N–H and O–H groups in total. The summed E-state index contributed by atoms with van der Waals surface area (Å²) in [6, 6.07) is 4.83. The fourth-order valence-corrected chi connectivity index (χ4v) is 5.46. The number of hydrogen-bond donors (Lipinski definition) is 0. The van der Waals surface area contributed by atoms with Crippen molar-refractivity contribution in [1.82, 2.24) is 0 Å². The fourth-order valence-electron chi connectivity index (χ4n) is 5.46. The molecule has 0 aromatic heterocycles. The molecular weight excluding hydrogens is 268 g/mol. The summed E-state index contributed by atoms with van der Waals surface area (Å²) in [6.45, 7) is 12.0. The van der Waals surface area contributed by atoms with Crippen LogP contribution in [0.3, 0.4) is 0 Å². The first kappa shape index (κ1) is 15.9. The highest BCUT2D eigenvalue weighted by molar-refractivity contribution is 5.49. The lowest BCUT2D eigenvalue weighted by molar-refractivity contribution is 0.0405. The van der Waals surface area contributed by atoms with Gasteiger partial charge >= 0.3 is 0 Å². The molecule has 1 aromatic carbocycles. The number of methoxy groups -OCH3 is 1. The van der Waals surface area contributed by atoms with Crippen molar-refractivity contribution in [2.24, 2.45) is 11.3 Å². The Morgan fingerprint density at radius 1 is 1.14 bits per heavy atom. The first-order valence-electron chi connectivity index (χ1n) is 9.01. The Hall–Kier alpha value is -0.980. The molecule has 22 heavy (non-hydrogen) atoms. The molecule has 0 heterocycles. The SMILES string of the molecule is COc1cc2c(cc1C(C)C)CC[C@@H]1C(C)(C)CCC[C@]21C. The van der Waals surface area contributed by atoms with E-state index < -0.39 is 0 Å². The van der Waals surface area contributed by atoms with Crippen molar-refractivity contribution in [3.8, 4) is 5.75 Å². The van der Waals surface area contributed by atoms with Crippen LogP contribution >= 0.6 is 0 Å². The molecule has 0 saturated heterocycles. The minimum atomic E-state index is 0.331. The van der Waals surface area contributed by atoms with Crippen LogP contribution in [0.5, 0.6) is 5.75 Å². The zero-order chi connectivity index (χ0) is 16.1. The fraction of sp³-hybridized carbons (Fsp3) is 0.714. The van der Waals surface area contributed by atoms with E-state index in [-0.39, 0.29) is 0 Å². The maximum absolute atomic E-state index is 5.75. The Labute approximate surface area is 136 Å². The van der Waals surface area contributed by atoms with E-state index in [1.807, 2.05) is 7.11 Å². The van der Waals surface area contributed by atoms with E-state index in [1.54, 1.807) is 11.1 Å². The Bertz CT molecular complexity index is 570. The van der Waals surface area contributed by atoms with Crippen molar-refractivity contribution < 1.29 is 4.74 Å². The average Bonchev–Trinajstić information content (AvgIpc) is 2.45. The van der Waals surface area contributed by atoms with Crippen LogP contribution in [-0.4, -0.2) is 7.11 Å². The summed E-state index contributed by atoms with van der Waals surface area (Å²) in [5.41, 5.74) is 5.34. The van der Waals surface area contributed by atoms with Crippen molar-refractivity contribution in [3.63, 3.8) is 0 Å². The summed E-state index contributed by atoms with van der Waals surface area (Å²) < 4.78 is 5.75. The molecule has 0 bridgehead atoms. The third kappa shape index (κ3) is 2.28. The normalized spacial score (nSPS) is 29.9. The summed E-state index contributed by atoms with van der Waals surface area (Å²) >= 11 is 0. The molecule has 0 spiro atoms. The highest BCUT2D eigenvalue weighted by Gasteiger charge is 2.49. The lowest BCUT2D eigenvalue weighted by Crippen LogP contribution is -2.47. The highest BCUT2D eigenvalue weighted by atomic mass is 16.5. The van der Waals surface area contributed by atoms with Crippen LogP contribution in [0.1, 0.15) is 82.9 Å². The van der Waals surface area contributed by atoms with Gasteiger partial charge in [0.1, 0.15) is 5.75 Å². The van der Waals surface area contributed by atoms with Gasteiger partial charge in [0.2, 0.25) is 0 Å². The summed E-state index contributed by atoms with van der Waals surface area (Å²) in [6.07, 6.45) is 6.65. The summed E-state index contributed by atoms with van der Waals surface area (Å²) in [5.74, 6) is 2.42. The molecule has 2 aliphatic carbocycles. The molecule has 0 radical (unpaired) electrons. The lowest BCUT2D eigenvalue weighted by atomic mass is 9.50. The van der Waals surface area contributed by atoms with E-state index in [9.17, 15) is 0 Å².